The molecule has 3 aliphatic rings. The highest BCUT2D eigenvalue weighted by Gasteiger charge is 2.51. The molecular formula is C23H40BrF2NOSi. The SMILES string of the molecule is CC(CN1CCC(O[Si](C)(C)C)(C(F)F)CC1)[C@H]1CC[C@@H]2/C(=C/Br)CCC[C@@]21C. The van der Waals surface area contributed by atoms with E-state index in [1.165, 1.54) is 32.1 Å². The third-order valence-corrected chi connectivity index (χ3v) is 9.63. The first kappa shape index (κ1) is 23.9. The topological polar surface area (TPSA) is 12.5 Å². The summed E-state index contributed by atoms with van der Waals surface area (Å²) >= 11 is 3.61. The minimum absolute atomic E-state index is 0.404. The van der Waals surface area contributed by atoms with Crippen LogP contribution in [-0.2, 0) is 4.43 Å². The maximum atomic E-state index is 13.9. The van der Waals surface area contributed by atoms with Crippen molar-refractivity contribution < 1.29 is 13.2 Å². The van der Waals surface area contributed by atoms with E-state index in [1.54, 1.807) is 5.57 Å². The summed E-state index contributed by atoms with van der Waals surface area (Å²) in [4.78, 5) is 4.62. The van der Waals surface area contributed by atoms with Crippen LogP contribution >= 0.6 is 15.9 Å². The van der Waals surface area contributed by atoms with Gasteiger partial charge in [-0.3, -0.25) is 0 Å². The van der Waals surface area contributed by atoms with Crippen LogP contribution in [0.5, 0.6) is 0 Å². The number of rotatable bonds is 6. The van der Waals surface area contributed by atoms with Gasteiger partial charge in [0.15, 0.2) is 8.32 Å². The lowest BCUT2D eigenvalue weighted by Crippen LogP contribution is -2.55. The molecule has 2 aliphatic carbocycles. The molecule has 6 heteroatoms. The molecule has 4 atom stereocenters. The van der Waals surface area contributed by atoms with Crippen LogP contribution in [0.2, 0.25) is 19.6 Å². The van der Waals surface area contributed by atoms with Crippen molar-refractivity contribution in [3.8, 4) is 0 Å². The second-order valence-corrected chi connectivity index (χ2v) is 16.0. The maximum Gasteiger partial charge on any atom is 0.266 e. The fourth-order valence-corrected chi connectivity index (χ4v) is 8.83. The Morgan fingerprint density at radius 1 is 1.21 bits per heavy atom. The van der Waals surface area contributed by atoms with Crippen molar-refractivity contribution in [2.24, 2.45) is 23.2 Å². The molecule has 1 heterocycles. The van der Waals surface area contributed by atoms with Crippen molar-refractivity contribution in [2.45, 2.75) is 90.5 Å². The van der Waals surface area contributed by atoms with Gasteiger partial charge in [0.2, 0.25) is 0 Å². The average Bonchev–Trinajstić information content (AvgIpc) is 2.99. The summed E-state index contributed by atoms with van der Waals surface area (Å²) in [7, 11) is -2.00. The Kier molecular flexibility index (Phi) is 7.40. The Balaban J connectivity index is 1.61. The molecule has 0 spiro atoms. The first-order chi connectivity index (χ1) is 13.5. The van der Waals surface area contributed by atoms with Crippen LogP contribution in [0.4, 0.5) is 8.78 Å². The molecule has 29 heavy (non-hydrogen) atoms. The monoisotopic (exact) mass is 491 g/mol. The zero-order valence-corrected chi connectivity index (χ0v) is 21.5. The highest BCUT2D eigenvalue weighted by molar-refractivity contribution is 9.11. The lowest BCUT2D eigenvalue weighted by Gasteiger charge is -2.47. The third kappa shape index (κ3) is 5.01. The molecule has 0 aromatic rings. The Hall–Kier alpha value is 0.217. The van der Waals surface area contributed by atoms with Crippen LogP contribution in [0.3, 0.4) is 0 Å². The molecule has 2 saturated carbocycles. The number of allylic oxidation sites excluding steroid dienone is 1. The fourth-order valence-electron chi connectivity index (χ4n) is 6.77. The minimum atomic E-state index is -2.39. The zero-order valence-electron chi connectivity index (χ0n) is 18.9. The van der Waals surface area contributed by atoms with E-state index >= 15 is 0 Å². The smallest absolute Gasteiger partial charge is 0.266 e. The highest BCUT2D eigenvalue weighted by atomic mass is 79.9. The predicted octanol–water partition coefficient (Wildman–Crippen LogP) is 7.07. The molecular weight excluding hydrogens is 452 g/mol. The Morgan fingerprint density at radius 3 is 2.41 bits per heavy atom. The summed E-state index contributed by atoms with van der Waals surface area (Å²) < 4.78 is 33.9. The van der Waals surface area contributed by atoms with Crippen LogP contribution in [0, 0.1) is 23.2 Å². The third-order valence-electron chi connectivity index (χ3n) is 8.02. The largest absolute Gasteiger partial charge is 0.406 e. The van der Waals surface area contributed by atoms with Gasteiger partial charge in [0.1, 0.15) is 5.60 Å². The van der Waals surface area contributed by atoms with Crippen LogP contribution in [0.1, 0.15) is 58.8 Å². The van der Waals surface area contributed by atoms with Gasteiger partial charge in [-0.1, -0.05) is 35.4 Å². The summed E-state index contributed by atoms with van der Waals surface area (Å²) in [5, 5.41) is 0. The van der Waals surface area contributed by atoms with Gasteiger partial charge in [-0.15, -0.1) is 0 Å². The first-order valence-corrected chi connectivity index (χ1v) is 15.8. The second-order valence-electron chi connectivity index (χ2n) is 11.1. The number of alkyl halides is 2. The maximum absolute atomic E-state index is 13.9. The van der Waals surface area contributed by atoms with E-state index in [0.29, 0.717) is 24.2 Å². The van der Waals surface area contributed by atoms with Crippen molar-refractivity contribution in [3.05, 3.63) is 10.6 Å². The molecule has 0 amide bonds. The van der Waals surface area contributed by atoms with E-state index < -0.39 is 20.3 Å². The van der Waals surface area contributed by atoms with Crippen molar-refractivity contribution in [1.29, 1.82) is 0 Å². The van der Waals surface area contributed by atoms with Crippen molar-refractivity contribution in [1.82, 2.24) is 4.90 Å². The predicted molar refractivity (Wildman–Crippen MR) is 123 cm³/mol. The number of hydrogen-bond donors (Lipinski definition) is 0. The second kappa shape index (κ2) is 8.99. The Morgan fingerprint density at radius 2 is 1.86 bits per heavy atom. The normalized spacial score (nSPS) is 35.8. The van der Waals surface area contributed by atoms with Gasteiger partial charge in [-0.25, -0.2) is 8.78 Å². The van der Waals surface area contributed by atoms with Crippen LogP contribution in [0.25, 0.3) is 0 Å². The van der Waals surface area contributed by atoms with E-state index in [1.807, 2.05) is 19.6 Å². The van der Waals surface area contributed by atoms with E-state index in [-0.39, 0.29) is 0 Å². The van der Waals surface area contributed by atoms with Gasteiger partial charge in [-0.2, -0.15) is 0 Å². The number of nitrogens with zero attached hydrogens (tertiary/aromatic N) is 1. The summed E-state index contributed by atoms with van der Waals surface area (Å²) in [5.41, 5.74) is 0.797. The van der Waals surface area contributed by atoms with E-state index in [2.05, 4.69) is 39.7 Å². The lowest BCUT2D eigenvalue weighted by atomic mass is 9.61. The van der Waals surface area contributed by atoms with E-state index in [4.69, 9.17) is 4.43 Å². The molecule has 1 unspecified atom stereocenters. The van der Waals surface area contributed by atoms with Crippen molar-refractivity contribution in [3.63, 3.8) is 0 Å². The number of fused-ring (bicyclic) bond motifs is 1. The molecule has 3 fully saturated rings. The van der Waals surface area contributed by atoms with E-state index in [9.17, 15) is 8.78 Å². The number of piperidine rings is 1. The van der Waals surface area contributed by atoms with Gasteiger partial charge >= 0.3 is 0 Å². The lowest BCUT2D eigenvalue weighted by molar-refractivity contribution is -0.115. The number of hydrogen-bond acceptors (Lipinski definition) is 2. The molecule has 1 saturated heterocycles. The fraction of sp³-hybridized carbons (Fsp3) is 0.913. The molecule has 2 nitrogen and oxygen atoms in total. The van der Waals surface area contributed by atoms with Crippen LogP contribution in [0.15, 0.2) is 10.6 Å². The molecule has 3 rings (SSSR count). The first-order valence-electron chi connectivity index (χ1n) is 11.5. The molecule has 168 valence electrons. The molecule has 0 radical (unpaired) electrons. The van der Waals surface area contributed by atoms with Crippen LogP contribution in [-0.4, -0.2) is 44.9 Å². The molecule has 0 N–H and O–H groups in total. The average molecular weight is 493 g/mol. The molecule has 0 bridgehead atoms. The van der Waals surface area contributed by atoms with Gasteiger partial charge in [0.25, 0.3) is 6.43 Å². The Bertz CT molecular complexity index is 600. The summed E-state index contributed by atoms with van der Waals surface area (Å²) in [6.07, 6.45) is 5.01. The standard InChI is InChI=1S/C23H40BrF2NOSi/c1-17(19-8-9-20-18(15-24)7-6-10-22(19,20)2)16-27-13-11-23(12-14-27,21(25)26)28-29(3,4)5/h15,17,19-21H,6-14,16H2,1-5H3/b18-15+/t17?,19-,20-,22-/m1/s1. The van der Waals surface area contributed by atoms with Crippen LogP contribution < -0.4 is 0 Å². The summed E-state index contributed by atoms with van der Waals surface area (Å²) in [6, 6.07) is 0. The van der Waals surface area contributed by atoms with Crippen molar-refractivity contribution in [2.75, 3.05) is 19.6 Å². The molecule has 0 aromatic carbocycles. The van der Waals surface area contributed by atoms with Gasteiger partial charge < -0.3 is 9.33 Å². The summed E-state index contributed by atoms with van der Waals surface area (Å²) in [5.74, 6) is 2.06. The van der Waals surface area contributed by atoms with Gasteiger partial charge in [-0.05, 0) is 92.7 Å². The van der Waals surface area contributed by atoms with Crippen molar-refractivity contribution >= 4 is 24.2 Å². The summed E-state index contributed by atoms with van der Waals surface area (Å²) in [6.45, 7) is 13.5. The molecule has 1 aliphatic heterocycles. The zero-order chi connectivity index (χ0) is 21.4. The quantitative estimate of drug-likeness (QED) is 0.368. The number of likely N-dealkylation sites (tertiary alicyclic amines) is 1. The Labute approximate surface area is 186 Å². The van der Waals surface area contributed by atoms with Gasteiger partial charge in [0, 0.05) is 19.6 Å². The van der Waals surface area contributed by atoms with Gasteiger partial charge in [0.05, 0.1) is 0 Å². The highest BCUT2D eigenvalue weighted by Crippen LogP contribution is 2.59. The minimum Gasteiger partial charge on any atom is -0.406 e. The number of halogens is 3. The van der Waals surface area contributed by atoms with E-state index in [0.717, 1.165) is 31.5 Å². The molecule has 0 aromatic heterocycles.